The molecule has 0 saturated carbocycles. The highest BCUT2D eigenvalue weighted by atomic mass is 19.3. The molecule has 4 N–H and O–H groups in total. The van der Waals surface area contributed by atoms with Crippen molar-refractivity contribution in [1.82, 2.24) is 34.1 Å². The summed E-state index contributed by atoms with van der Waals surface area (Å²) in [6, 6.07) is 5.58. The van der Waals surface area contributed by atoms with Crippen LogP contribution in [0.1, 0.15) is 19.8 Å². The van der Waals surface area contributed by atoms with Gasteiger partial charge < -0.3 is 11.5 Å². The predicted octanol–water partition coefficient (Wildman–Crippen LogP) is 2.34. The number of fused-ring (bicyclic) bond motifs is 2. The molecule has 1 aliphatic heterocycles. The zero-order chi connectivity index (χ0) is 21.3. The van der Waals surface area contributed by atoms with E-state index in [0.717, 1.165) is 30.0 Å². The summed E-state index contributed by atoms with van der Waals surface area (Å²) in [5, 5.41) is 8.21. The summed E-state index contributed by atoms with van der Waals surface area (Å²) in [7, 11) is 0. The average Bonchev–Trinajstić information content (AvgIpc) is 3.33. The highest BCUT2D eigenvalue weighted by molar-refractivity contribution is 5.86. The van der Waals surface area contributed by atoms with E-state index in [0.29, 0.717) is 17.8 Å². The van der Waals surface area contributed by atoms with Crippen LogP contribution in [0.25, 0.3) is 22.4 Å². The highest BCUT2D eigenvalue weighted by Crippen LogP contribution is 2.27. The lowest BCUT2D eigenvalue weighted by Gasteiger charge is -2.31. The van der Waals surface area contributed by atoms with Crippen LogP contribution in [0.3, 0.4) is 0 Å². The van der Waals surface area contributed by atoms with Crippen LogP contribution in [0.2, 0.25) is 0 Å². The van der Waals surface area contributed by atoms with Gasteiger partial charge >= 0.3 is 0 Å². The molecule has 4 aromatic rings. The summed E-state index contributed by atoms with van der Waals surface area (Å²) < 4.78 is 28.5. The van der Waals surface area contributed by atoms with Gasteiger partial charge in [0.15, 0.2) is 11.5 Å². The van der Waals surface area contributed by atoms with E-state index in [1.54, 1.807) is 26.3 Å². The van der Waals surface area contributed by atoms with E-state index < -0.39 is 5.92 Å². The standard InChI is InChI=1S/C12H10N8.C7H13F2N/c13-11-10-7(2-5-20(10)18-12(14)17-11)8-3-6-19-9(16-8)1-4-15-19;1-2-10-5-3-4-7(8,9)6-10/h1-6H,(H4,13,14,17,18);2-6H2,1H3. The smallest absolute Gasteiger partial charge is 0.260 e. The third-order valence-corrected chi connectivity index (χ3v) is 5.01. The normalized spacial score (nSPS) is 16.5. The molecule has 30 heavy (non-hydrogen) atoms. The summed E-state index contributed by atoms with van der Waals surface area (Å²) in [5.41, 5.74) is 14.6. The summed E-state index contributed by atoms with van der Waals surface area (Å²) >= 11 is 0. The number of hydrogen-bond donors (Lipinski definition) is 2. The van der Waals surface area contributed by atoms with Gasteiger partial charge in [-0.05, 0) is 31.6 Å². The minimum absolute atomic E-state index is 0.0382. The molecule has 1 fully saturated rings. The molecule has 0 aromatic carbocycles. The number of piperidine rings is 1. The molecule has 1 aliphatic rings. The lowest BCUT2D eigenvalue weighted by atomic mass is 10.1. The number of rotatable bonds is 2. The van der Waals surface area contributed by atoms with Gasteiger partial charge in [0.2, 0.25) is 5.95 Å². The molecule has 4 aromatic heterocycles. The summed E-state index contributed by atoms with van der Waals surface area (Å²) in [6.45, 7) is 3.46. The minimum atomic E-state index is -2.42. The van der Waals surface area contributed by atoms with Crippen LogP contribution in [0, 0.1) is 0 Å². The quantitative estimate of drug-likeness (QED) is 0.516. The lowest BCUT2D eigenvalue weighted by molar-refractivity contribution is -0.0625. The minimum Gasteiger partial charge on any atom is -0.382 e. The van der Waals surface area contributed by atoms with Crippen molar-refractivity contribution in [3.63, 3.8) is 0 Å². The molecule has 158 valence electrons. The van der Waals surface area contributed by atoms with Crippen LogP contribution < -0.4 is 11.5 Å². The van der Waals surface area contributed by atoms with Gasteiger partial charge in [-0.3, -0.25) is 4.90 Å². The summed E-state index contributed by atoms with van der Waals surface area (Å²) in [4.78, 5) is 10.3. The van der Waals surface area contributed by atoms with Crippen molar-refractivity contribution >= 4 is 22.9 Å². The van der Waals surface area contributed by atoms with E-state index >= 15 is 0 Å². The number of alkyl halides is 2. The third-order valence-electron chi connectivity index (χ3n) is 5.01. The van der Waals surface area contributed by atoms with Crippen molar-refractivity contribution in [2.75, 3.05) is 31.1 Å². The highest BCUT2D eigenvalue weighted by Gasteiger charge is 2.34. The molecule has 0 bridgehead atoms. The maximum Gasteiger partial charge on any atom is 0.260 e. The zero-order valence-corrected chi connectivity index (χ0v) is 16.5. The second-order valence-corrected chi connectivity index (χ2v) is 7.15. The molecule has 9 nitrogen and oxygen atoms in total. The first kappa shape index (κ1) is 20.0. The van der Waals surface area contributed by atoms with Crippen molar-refractivity contribution < 1.29 is 8.78 Å². The first-order chi connectivity index (χ1) is 14.4. The number of aromatic nitrogens is 6. The number of anilines is 2. The van der Waals surface area contributed by atoms with E-state index in [1.807, 2.05) is 31.3 Å². The number of nitrogens with zero attached hydrogens (tertiary/aromatic N) is 7. The Balaban J connectivity index is 0.000000185. The average molecular weight is 415 g/mol. The molecule has 11 heteroatoms. The molecule has 0 amide bonds. The van der Waals surface area contributed by atoms with Crippen molar-refractivity contribution in [1.29, 1.82) is 0 Å². The third kappa shape index (κ3) is 4.01. The van der Waals surface area contributed by atoms with Crippen LogP contribution in [0.4, 0.5) is 20.5 Å². The van der Waals surface area contributed by atoms with E-state index in [4.69, 9.17) is 11.5 Å². The number of nitrogens with two attached hydrogens (primary N) is 2. The number of hydrogen-bond acceptors (Lipinski definition) is 7. The molecule has 5 heterocycles. The van der Waals surface area contributed by atoms with E-state index in [1.165, 1.54) is 0 Å². The van der Waals surface area contributed by atoms with Gasteiger partial charge in [-0.1, -0.05) is 6.92 Å². The molecule has 0 aliphatic carbocycles. The van der Waals surface area contributed by atoms with Crippen LogP contribution in [-0.4, -0.2) is 59.7 Å². The lowest BCUT2D eigenvalue weighted by Crippen LogP contribution is -2.42. The first-order valence-corrected chi connectivity index (χ1v) is 9.67. The van der Waals surface area contributed by atoms with Crippen molar-refractivity contribution in [2.45, 2.75) is 25.7 Å². The zero-order valence-electron chi connectivity index (χ0n) is 16.5. The Kier molecular flexibility index (Phi) is 5.20. The Morgan fingerprint density at radius 1 is 1.10 bits per heavy atom. The van der Waals surface area contributed by atoms with Gasteiger partial charge in [0.1, 0.15) is 5.52 Å². The molecular formula is C19H23F2N9. The molecular weight excluding hydrogens is 392 g/mol. The Hall–Kier alpha value is -3.34. The predicted molar refractivity (Wildman–Crippen MR) is 110 cm³/mol. The Labute approximate surface area is 171 Å². The maximum absolute atomic E-state index is 12.6. The fourth-order valence-corrected chi connectivity index (χ4v) is 3.56. The largest absolute Gasteiger partial charge is 0.382 e. The molecule has 0 radical (unpaired) electrons. The van der Waals surface area contributed by atoms with E-state index in [-0.39, 0.29) is 18.9 Å². The second kappa shape index (κ2) is 7.82. The van der Waals surface area contributed by atoms with Crippen molar-refractivity contribution in [2.24, 2.45) is 0 Å². The van der Waals surface area contributed by atoms with Gasteiger partial charge in [-0.2, -0.15) is 10.1 Å². The van der Waals surface area contributed by atoms with Gasteiger partial charge in [0.25, 0.3) is 5.92 Å². The Morgan fingerprint density at radius 3 is 2.63 bits per heavy atom. The van der Waals surface area contributed by atoms with Crippen LogP contribution >= 0.6 is 0 Å². The topological polar surface area (TPSA) is 116 Å². The fourth-order valence-electron chi connectivity index (χ4n) is 3.56. The van der Waals surface area contributed by atoms with Crippen LogP contribution in [-0.2, 0) is 0 Å². The van der Waals surface area contributed by atoms with Gasteiger partial charge in [0.05, 0.1) is 18.4 Å². The van der Waals surface area contributed by atoms with Crippen molar-refractivity contribution in [3.05, 3.63) is 36.8 Å². The number of nitrogen functional groups attached to an aromatic ring is 2. The van der Waals surface area contributed by atoms with Gasteiger partial charge in [0, 0.05) is 30.4 Å². The molecule has 0 atom stereocenters. The SMILES string of the molecule is CCN1CCCC(F)(F)C1.Nc1nc(N)c2c(-c3ccn4nccc4n3)ccn2n1. The Morgan fingerprint density at radius 2 is 1.90 bits per heavy atom. The van der Waals surface area contributed by atoms with Gasteiger partial charge in [-0.15, -0.1) is 5.10 Å². The van der Waals surface area contributed by atoms with Crippen LogP contribution in [0.5, 0.6) is 0 Å². The molecule has 1 saturated heterocycles. The summed E-state index contributed by atoms with van der Waals surface area (Å²) in [5.74, 6) is -1.96. The van der Waals surface area contributed by atoms with Crippen LogP contribution in [0.15, 0.2) is 36.8 Å². The summed E-state index contributed by atoms with van der Waals surface area (Å²) in [6.07, 6.45) is 6.03. The maximum atomic E-state index is 12.6. The first-order valence-electron chi connectivity index (χ1n) is 9.67. The van der Waals surface area contributed by atoms with Crippen molar-refractivity contribution in [3.8, 4) is 11.3 Å². The monoisotopic (exact) mass is 415 g/mol. The molecule has 0 unspecified atom stereocenters. The Bertz CT molecular complexity index is 1170. The molecule has 0 spiro atoms. The van der Waals surface area contributed by atoms with E-state index in [9.17, 15) is 8.78 Å². The van der Waals surface area contributed by atoms with Gasteiger partial charge in [-0.25, -0.2) is 22.8 Å². The second-order valence-electron chi connectivity index (χ2n) is 7.15. The number of halogens is 2. The fraction of sp³-hybridized carbons (Fsp3) is 0.368. The van der Waals surface area contributed by atoms with E-state index in [2.05, 4.69) is 20.2 Å². The number of likely N-dealkylation sites (tertiary alicyclic amines) is 1. The molecule has 5 rings (SSSR count).